The molecular formula is C20H29ClO4. The second kappa shape index (κ2) is 13.7. The average Bonchev–Trinajstić information content (AvgIpc) is 2.64. The van der Waals surface area contributed by atoms with Gasteiger partial charge in [0.05, 0.1) is 23.6 Å². The lowest BCUT2D eigenvalue weighted by Gasteiger charge is -2.06. The van der Waals surface area contributed by atoms with Gasteiger partial charge in [0.2, 0.25) is 0 Å². The summed E-state index contributed by atoms with van der Waals surface area (Å²) < 4.78 is 10.2. The zero-order valence-electron chi connectivity index (χ0n) is 15.1. The summed E-state index contributed by atoms with van der Waals surface area (Å²) in [6.07, 6.45) is 9.64. The molecule has 0 heterocycles. The third-order valence-corrected chi connectivity index (χ3v) is 4.05. The van der Waals surface area contributed by atoms with Crippen LogP contribution in [0.3, 0.4) is 0 Å². The molecule has 0 spiro atoms. The maximum atomic E-state index is 11.9. The molecule has 0 unspecified atom stereocenters. The Hall–Kier alpha value is -1.55. The van der Waals surface area contributed by atoms with Gasteiger partial charge in [-0.15, -0.1) is 11.6 Å². The van der Waals surface area contributed by atoms with Crippen molar-refractivity contribution in [1.82, 2.24) is 0 Å². The van der Waals surface area contributed by atoms with Crippen LogP contribution in [0.5, 0.6) is 0 Å². The Bertz CT molecular complexity index is 499. The van der Waals surface area contributed by atoms with Crippen molar-refractivity contribution in [2.24, 2.45) is 0 Å². The minimum absolute atomic E-state index is 0.169. The quantitative estimate of drug-likeness (QED) is 0.266. The highest BCUT2D eigenvalue weighted by Gasteiger charge is 2.10. The van der Waals surface area contributed by atoms with Crippen LogP contribution < -0.4 is 0 Å². The van der Waals surface area contributed by atoms with Crippen molar-refractivity contribution in [2.75, 3.05) is 19.1 Å². The number of carbonyl (C=O) groups excluding carboxylic acids is 2. The van der Waals surface area contributed by atoms with Crippen molar-refractivity contribution < 1.29 is 19.1 Å². The summed E-state index contributed by atoms with van der Waals surface area (Å²) in [5.41, 5.74) is 0.832. The van der Waals surface area contributed by atoms with Crippen molar-refractivity contribution in [3.63, 3.8) is 0 Å². The summed E-state index contributed by atoms with van der Waals surface area (Å²) in [6.45, 7) is 2.82. The molecule has 25 heavy (non-hydrogen) atoms. The van der Waals surface area contributed by atoms with E-state index in [2.05, 4.69) is 6.92 Å². The second-order valence-electron chi connectivity index (χ2n) is 6.01. The van der Waals surface area contributed by atoms with Gasteiger partial charge in [0.15, 0.2) is 0 Å². The van der Waals surface area contributed by atoms with Crippen LogP contribution in [-0.4, -0.2) is 31.0 Å². The summed E-state index contributed by atoms with van der Waals surface area (Å²) in [5, 5.41) is 0. The zero-order chi connectivity index (χ0) is 18.3. The first kappa shape index (κ1) is 21.5. The van der Waals surface area contributed by atoms with Crippen molar-refractivity contribution in [2.45, 2.75) is 58.3 Å². The number of halogens is 1. The van der Waals surface area contributed by atoms with E-state index in [9.17, 15) is 9.59 Å². The molecule has 5 heteroatoms. The van der Waals surface area contributed by atoms with Gasteiger partial charge in [-0.1, -0.05) is 51.9 Å². The lowest BCUT2D eigenvalue weighted by atomic mass is 10.1. The lowest BCUT2D eigenvalue weighted by Crippen LogP contribution is -2.09. The fourth-order valence-electron chi connectivity index (χ4n) is 2.44. The van der Waals surface area contributed by atoms with Crippen LogP contribution in [0.2, 0.25) is 0 Å². The molecule has 0 aliphatic carbocycles. The molecule has 0 aliphatic rings. The van der Waals surface area contributed by atoms with Gasteiger partial charge in [-0.2, -0.15) is 0 Å². The summed E-state index contributed by atoms with van der Waals surface area (Å²) in [7, 11) is 0. The fraction of sp³-hybridized carbons (Fsp3) is 0.600. The molecule has 0 saturated carbocycles. The Morgan fingerprint density at radius 2 is 1.20 bits per heavy atom. The number of alkyl halides is 1. The molecule has 0 radical (unpaired) electrons. The zero-order valence-corrected chi connectivity index (χ0v) is 15.9. The molecule has 0 aliphatic heterocycles. The predicted octanol–water partition coefficient (Wildman–Crippen LogP) is 5.38. The Morgan fingerprint density at radius 3 is 1.68 bits per heavy atom. The number of esters is 2. The summed E-state index contributed by atoms with van der Waals surface area (Å²) in [4.78, 5) is 23.6. The molecule has 0 bridgehead atoms. The van der Waals surface area contributed by atoms with Gasteiger partial charge in [-0.3, -0.25) is 0 Å². The van der Waals surface area contributed by atoms with Crippen LogP contribution in [-0.2, 0) is 9.47 Å². The molecule has 1 rings (SSSR count). The lowest BCUT2D eigenvalue weighted by molar-refractivity contribution is 0.0492. The summed E-state index contributed by atoms with van der Waals surface area (Å²) in [6, 6.07) is 6.27. The fourth-order valence-corrected chi connectivity index (χ4v) is 2.52. The molecule has 1 aromatic carbocycles. The molecule has 0 N–H and O–H groups in total. The molecule has 140 valence electrons. The van der Waals surface area contributed by atoms with Gasteiger partial charge < -0.3 is 9.47 Å². The van der Waals surface area contributed by atoms with Gasteiger partial charge in [0, 0.05) is 0 Å². The van der Waals surface area contributed by atoms with Gasteiger partial charge in [0.25, 0.3) is 0 Å². The van der Waals surface area contributed by atoms with E-state index in [0.29, 0.717) is 17.7 Å². The van der Waals surface area contributed by atoms with E-state index in [1.165, 1.54) is 38.5 Å². The van der Waals surface area contributed by atoms with E-state index in [-0.39, 0.29) is 18.5 Å². The van der Waals surface area contributed by atoms with E-state index in [1.54, 1.807) is 24.3 Å². The van der Waals surface area contributed by atoms with E-state index in [0.717, 1.165) is 12.8 Å². The molecule has 0 amide bonds. The van der Waals surface area contributed by atoms with Gasteiger partial charge >= 0.3 is 11.9 Å². The summed E-state index contributed by atoms with van der Waals surface area (Å²) >= 11 is 5.47. The summed E-state index contributed by atoms with van der Waals surface area (Å²) in [5.74, 6) is -0.544. The molecule has 0 aromatic heterocycles. The molecular weight excluding hydrogens is 340 g/mol. The number of benzene rings is 1. The Kier molecular flexibility index (Phi) is 11.8. The van der Waals surface area contributed by atoms with Crippen LogP contribution in [0, 0.1) is 0 Å². The first-order valence-corrected chi connectivity index (χ1v) is 9.72. The van der Waals surface area contributed by atoms with E-state index >= 15 is 0 Å². The highest BCUT2D eigenvalue weighted by Crippen LogP contribution is 2.10. The second-order valence-corrected chi connectivity index (χ2v) is 6.39. The molecule has 0 atom stereocenters. The number of rotatable bonds is 13. The predicted molar refractivity (Wildman–Crippen MR) is 100 cm³/mol. The average molecular weight is 369 g/mol. The van der Waals surface area contributed by atoms with Crippen molar-refractivity contribution >= 4 is 23.5 Å². The van der Waals surface area contributed by atoms with E-state index < -0.39 is 5.97 Å². The normalized spacial score (nSPS) is 10.5. The minimum Gasteiger partial charge on any atom is -0.462 e. The maximum Gasteiger partial charge on any atom is 0.338 e. The standard InChI is InChI=1S/C20H29ClO4/c1-2-3-4-5-6-7-8-9-15-24-19(22)17-10-12-18(13-11-17)20(23)25-16-14-21/h10-13H,2-9,14-16H2,1H3. The first-order valence-electron chi connectivity index (χ1n) is 9.19. The highest BCUT2D eigenvalue weighted by atomic mass is 35.5. The third kappa shape index (κ3) is 9.49. The van der Waals surface area contributed by atoms with Gasteiger partial charge in [-0.25, -0.2) is 9.59 Å². The molecule has 0 fully saturated rings. The molecule has 4 nitrogen and oxygen atoms in total. The van der Waals surface area contributed by atoms with Crippen LogP contribution in [0.25, 0.3) is 0 Å². The first-order chi connectivity index (χ1) is 12.2. The highest BCUT2D eigenvalue weighted by molar-refractivity contribution is 6.18. The Balaban J connectivity index is 2.19. The Morgan fingerprint density at radius 1 is 0.760 bits per heavy atom. The van der Waals surface area contributed by atoms with Crippen LogP contribution in [0.15, 0.2) is 24.3 Å². The van der Waals surface area contributed by atoms with Gasteiger partial charge in [0.1, 0.15) is 6.61 Å². The number of unbranched alkanes of at least 4 members (excludes halogenated alkanes) is 7. The van der Waals surface area contributed by atoms with Crippen LogP contribution in [0.4, 0.5) is 0 Å². The van der Waals surface area contributed by atoms with E-state index in [1.807, 2.05) is 0 Å². The minimum atomic E-state index is -0.445. The maximum absolute atomic E-state index is 11.9. The number of ether oxygens (including phenoxy) is 2. The third-order valence-electron chi connectivity index (χ3n) is 3.90. The smallest absolute Gasteiger partial charge is 0.338 e. The SMILES string of the molecule is CCCCCCCCCCOC(=O)c1ccc(C(=O)OCCCl)cc1. The van der Waals surface area contributed by atoms with Crippen LogP contribution in [0.1, 0.15) is 79.0 Å². The monoisotopic (exact) mass is 368 g/mol. The Labute approximate surface area is 155 Å². The van der Waals surface area contributed by atoms with Crippen LogP contribution >= 0.6 is 11.6 Å². The van der Waals surface area contributed by atoms with Crippen molar-refractivity contribution in [3.8, 4) is 0 Å². The largest absolute Gasteiger partial charge is 0.462 e. The van der Waals surface area contributed by atoms with Crippen molar-refractivity contribution in [1.29, 1.82) is 0 Å². The topological polar surface area (TPSA) is 52.6 Å². The molecule has 1 aromatic rings. The number of hydrogen-bond acceptors (Lipinski definition) is 4. The van der Waals surface area contributed by atoms with Gasteiger partial charge in [-0.05, 0) is 30.7 Å². The number of hydrogen-bond donors (Lipinski definition) is 0. The number of carbonyl (C=O) groups is 2. The van der Waals surface area contributed by atoms with E-state index in [4.69, 9.17) is 21.1 Å². The van der Waals surface area contributed by atoms with Crippen molar-refractivity contribution in [3.05, 3.63) is 35.4 Å². The molecule has 0 saturated heterocycles.